The van der Waals surface area contributed by atoms with Gasteiger partial charge in [0.25, 0.3) is 0 Å². The van der Waals surface area contributed by atoms with Crippen molar-refractivity contribution >= 4 is 13.7 Å². The minimum atomic E-state index is -4.70. The Kier molecular flexibility index (Phi) is 5.20. The molecular formula is C7H15N2O8P. The lowest BCUT2D eigenvalue weighted by Gasteiger charge is -2.15. The van der Waals surface area contributed by atoms with Gasteiger partial charge in [-0.25, -0.2) is 4.57 Å². The third-order valence-corrected chi connectivity index (χ3v) is 2.74. The molecule has 1 heterocycles. The predicted octanol–water partition coefficient (Wildman–Crippen LogP) is -3.38. The number of amides is 1. The molecule has 1 aliphatic heterocycles. The number of phosphoric ester groups is 1. The lowest BCUT2D eigenvalue weighted by Crippen LogP contribution is -2.45. The molecule has 0 aromatic rings. The van der Waals surface area contributed by atoms with Gasteiger partial charge in [-0.15, -0.1) is 0 Å². The molecule has 11 heteroatoms. The zero-order valence-corrected chi connectivity index (χ0v) is 10.1. The van der Waals surface area contributed by atoms with Crippen molar-refractivity contribution in [3.05, 3.63) is 0 Å². The number of carbonyl (C=O) groups excluding carboxylic acids is 1. The summed E-state index contributed by atoms with van der Waals surface area (Å²) in [6, 6.07) is 0. The van der Waals surface area contributed by atoms with E-state index in [2.05, 4.69) is 9.84 Å². The van der Waals surface area contributed by atoms with Crippen molar-refractivity contribution < 1.29 is 38.6 Å². The molecule has 1 aliphatic rings. The van der Waals surface area contributed by atoms with Crippen LogP contribution in [0, 0.1) is 0 Å². The van der Waals surface area contributed by atoms with Crippen LogP contribution in [0.25, 0.3) is 0 Å². The van der Waals surface area contributed by atoms with Crippen molar-refractivity contribution in [1.82, 2.24) is 5.32 Å². The summed E-state index contributed by atoms with van der Waals surface area (Å²) in [4.78, 5) is 27.9. The smallest absolute Gasteiger partial charge is 0.387 e. The zero-order valence-electron chi connectivity index (χ0n) is 9.17. The van der Waals surface area contributed by atoms with Gasteiger partial charge >= 0.3 is 7.82 Å². The Hall–Kier alpha value is -0.580. The van der Waals surface area contributed by atoms with Gasteiger partial charge < -0.3 is 35.8 Å². The van der Waals surface area contributed by atoms with Gasteiger partial charge in [-0.2, -0.15) is 0 Å². The first-order valence-corrected chi connectivity index (χ1v) is 6.48. The SMILES string of the molecule is NCC(=O)N[C@@H]1O[C@@H](COP(=O)(O)O)[C@H](O)[C@H]1O. The van der Waals surface area contributed by atoms with E-state index in [1.165, 1.54) is 0 Å². The van der Waals surface area contributed by atoms with Crippen LogP contribution in [0.1, 0.15) is 0 Å². The minimum absolute atomic E-state index is 0.327. The number of nitrogens with one attached hydrogen (secondary N) is 1. The van der Waals surface area contributed by atoms with Crippen LogP contribution in [0.5, 0.6) is 0 Å². The van der Waals surface area contributed by atoms with E-state index in [-0.39, 0.29) is 6.54 Å². The summed E-state index contributed by atoms with van der Waals surface area (Å²) in [5.41, 5.74) is 5.04. The first kappa shape index (κ1) is 15.5. The zero-order chi connectivity index (χ0) is 13.9. The largest absolute Gasteiger partial charge is 0.469 e. The maximum absolute atomic E-state index is 11.0. The molecule has 4 atom stereocenters. The van der Waals surface area contributed by atoms with Crippen molar-refractivity contribution in [2.45, 2.75) is 24.5 Å². The summed E-state index contributed by atoms with van der Waals surface area (Å²) >= 11 is 0. The van der Waals surface area contributed by atoms with Gasteiger partial charge in [0.15, 0.2) is 6.23 Å². The Morgan fingerprint density at radius 3 is 2.50 bits per heavy atom. The van der Waals surface area contributed by atoms with E-state index in [4.69, 9.17) is 20.3 Å². The molecule has 0 saturated carbocycles. The second-order valence-electron chi connectivity index (χ2n) is 3.63. The molecule has 106 valence electrons. The van der Waals surface area contributed by atoms with Gasteiger partial charge in [0.05, 0.1) is 13.2 Å². The molecule has 0 spiro atoms. The number of nitrogens with two attached hydrogens (primary N) is 1. The lowest BCUT2D eigenvalue weighted by molar-refractivity contribution is -0.126. The Labute approximate surface area is 102 Å². The third-order valence-electron chi connectivity index (χ3n) is 2.26. The van der Waals surface area contributed by atoms with E-state index in [1.54, 1.807) is 0 Å². The molecule has 7 N–H and O–H groups in total. The summed E-state index contributed by atoms with van der Waals surface area (Å²) < 4.78 is 19.6. The first-order chi connectivity index (χ1) is 8.24. The Bertz CT molecular complexity index is 346. The predicted molar refractivity (Wildman–Crippen MR) is 55.9 cm³/mol. The highest BCUT2D eigenvalue weighted by molar-refractivity contribution is 7.46. The van der Waals surface area contributed by atoms with E-state index in [1.807, 2.05) is 0 Å². The second kappa shape index (κ2) is 6.04. The Balaban J connectivity index is 2.53. The normalized spacial score (nSPS) is 32.5. The number of aliphatic hydroxyl groups is 2. The van der Waals surface area contributed by atoms with Crippen LogP contribution in [-0.2, 0) is 18.6 Å². The van der Waals surface area contributed by atoms with Gasteiger partial charge in [-0.05, 0) is 0 Å². The summed E-state index contributed by atoms with van der Waals surface area (Å²) in [5, 5.41) is 21.2. The number of hydrogen-bond acceptors (Lipinski definition) is 7. The molecular weight excluding hydrogens is 271 g/mol. The van der Waals surface area contributed by atoms with Crippen LogP contribution < -0.4 is 11.1 Å². The van der Waals surface area contributed by atoms with E-state index in [9.17, 15) is 19.6 Å². The van der Waals surface area contributed by atoms with Gasteiger partial charge in [0.2, 0.25) is 5.91 Å². The maximum atomic E-state index is 11.0. The molecule has 1 amide bonds. The van der Waals surface area contributed by atoms with Crippen molar-refractivity contribution in [3.63, 3.8) is 0 Å². The standard InChI is InChI=1S/C7H15N2O8P/c8-1-4(10)9-7-6(12)5(11)3(17-7)2-16-18(13,14)15/h3,5-7,11-12H,1-2,8H2,(H,9,10)(H2,13,14,15)/t3-,5-,6+,7+/m0/s1. The summed E-state index contributed by atoms with van der Waals surface area (Å²) in [6.07, 6.45) is -5.26. The van der Waals surface area contributed by atoms with Crippen molar-refractivity contribution in [2.75, 3.05) is 13.2 Å². The first-order valence-electron chi connectivity index (χ1n) is 4.95. The van der Waals surface area contributed by atoms with Crippen LogP contribution in [0.15, 0.2) is 0 Å². The number of hydrogen-bond donors (Lipinski definition) is 6. The van der Waals surface area contributed by atoms with Gasteiger partial charge in [0.1, 0.15) is 18.3 Å². The Morgan fingerprint density at radius 1 is 1.39 bits per heavy atom. The van der Waals surface area contributed by atoms with Crippen LogP contribution >= 0.6 is 7.82 Å². The topological polar surface area (TPSA) is 172 Å². The van der Waals surface area contributed by atoms with Crippen LogP contribution in [0.3, 0.4) is 0 Å². The molecule has 0 radical (unpaired) electrons. The highest BCUT2D eigenvalue weighted by Gasteiger charge is 2.44. The van der Waals surface area contributed by atoms with E-state index in [0.29, 0.717) is 0 Å². The monoisotopic (exact) mass is 286 g/mol. The van der Waals surface area contributed by atoms with Crippen LogP contribution in [-0.4, -0.2) is 63.6 Å². The number of rotatable bonds is 5. The van der Waals surface area contributed by atoms with E-state index in [0.717, 1.165) is 0 Å². The van der Waals surface area contributed by atoms with Gasteiger partial charge in [0, 0.05) is 0 Å². The molecule has 0 aliphatic carbocycles. The highest BCUT2D eigenvalue weighted by atomic mass is 31.2. The number of ether oxygens (including phenoxy) is 1. The van der Waals surface area contributed by atoms with Crippen LogP contribution in [0.2, 0.25) is 0 Å². The van der Waals surface area contributed by atoms with Gasteiger partial charge in [-0.1, -0.05) is 0 Å². The molecule has 0 aromatic heterocycles. The second-order valence-corrected chi connectivity index (χ2v) is 4.87. The Morgan fingerprint density at radius 2 is 2.00 bits per heavy atom. The number of carbonyl (C=O) groups is 1. The van der Waals surface area contributed by atoms with E-state index < -0.39 is 44.9 Å². The van der Waals surface area contributed by atoms with Crippen LogP contribution in [0.4, 0.5) is 0 Å². The fourth-order valence-corrected chi connectivity index (χ4v) is 1.73. The highest BCUT2D eigenvalue weighted by Crippen LogP contribution is 2.37. The number of phosphoric acid groups is 1. The summed E-state index contributed by atoms with van der Waals surface area (Å²) in [6.45, 7) is -0.955. The molecule has 0 unspecified atom stereocenters. The quantitative estimate of drug-likeness (QED) is 0.282. The molecule has 0 bridgehead atoms. The minimum Gasteiger partial charge on any atom is -0.387 e. The third kappa shape index (κ3) is 4.26. The molecule has 1 fully saturated rings. The summed E-state index contributed by atoms with van der Waals surface area (Å²) in [7, 11) is -4.70. The lowest BCUT2D eigenvalue weighted by atomic mass is 10.1. The van der Waals surface area contributed by atoms with Gasteiger partial charge in [-0.3, -0.25) is 9.32 Å². The van der Waals surface area contributed by atoms with Crippen molar-refractivity contribution in [3.8, 4) is 0 Å². The average Bonchev–Trinajstić information content (AvgIpc) is 2.53. The fourth-order valence-electron chi connectivity index (χ4n) is 1.39. The molecule has 18 heavy (non-hydrogen) atoms. The van der Waals surface area contributed by atoms with E-state index >= 15 is 0 Å². The average molecular weight is 286 g/mol. The molecule has 1 saturated heterocycles. The van der Waals surface area contributed by atoms with Crippen molar-refractivity contribution in [2.24, 2.45) is 5.73 Å². The maximum Gasteiger partial charge on any atom is 0.469 e. The summed E-state index contributed by atoms with van der Waals surface area (Å²) in [5.74, 6) is -0.609. The molecule has 0 aromatic carbocycles. The molecule has 1 rings (SSSR count). The number of aliphatic hydroxyl groups excluding tert-OH is 2. The molecule has 10 nitrogen and oxygen atoms in total. The fraction of sp³-hybridized carbons (Fsp3) is 0.857. The van der Waals surface area contributed by atoms with Crippen molar-refractivity contribution in [1.29, 1.82) is 0 Å².